The normalized spacial score (nSPS) is 35.3. The van der Waals surface area contributed by atoms with Gasteiger partial charge in [0.2, 0.25) is 0 Å². The van der Waals surface area contributed by atoms with Gasteiger partial charge in [-0.3, -0.25) is 0 Å². The molecule has 0 spiro atoms. The van der Waals surface area contributed by atoms with Crippen LogP contribution in [0.4, 0.5) is 4.39 Å². The lowest BCUT2D eigenvalue weighted by atomic mass is 10.0. The van der Waals surface area contributed by atoms with Crippen LogP contribution in [0.2, 0.25) is 0 Å². The molecule has 2 N–H and O–H groups in total. The van der Waals surface area contributed by atoms with Gasteiger partial charge in [-0.2, -0.15) is 0 Å². The first-order chi connectivity index (χ1) is 4.33. The van der Waals surface area contributed by atoms with E-state index in [1.54, 1.807) is 0 Å². The van der Waals surface area contributed by atoms with Gasteiger partial charge in [0.05, 0.1) is 0 Å². The maximum atomic E-state index is 12.5. The minimum atomic E-state index is -0.526. The summed E-state index contributed by atoms with van der Waals surface area (Å²) < 4.78 is 12.5. The second-order valence-corrected chi connectivity index (χ2v) is 2.85. The van der Waals surface area contributed by atoms with Crippen molar-refractivity contribution in [3.8, 4) is 0 Å². The summed E-state index contributed by atoms with van der Waals surface area (Å²) >= 11 is 0. The Kier molecular flexibility index (Phi) is 2.46. The molecule has 9 heavy (non-hydrogen) atoms. The Morgan fingerprint density at radius 3 is 2.67 bits per heavy atom. The van der Waals surface area contributed by atoms with E-state index >= 15 is 0 Å². The lowest BCUT2D eigenvalue weighted by Gasteiger charge is -2.03. The first kappa shape index (κ1) is 7.00. The van der Waals surface area contributed by atoms with Crippen molar-refractivity contribution in [3.63, 3.8) is 0 Å². The third-order valence-corrected chi connectivity index (χ3v) is 2.05. The molecule has 2 atom stereocenters. The Labute approximate surface area is 55.4 Å². The van der Waals surface area contributed by atoms with E-state index in [-0.39, 0.29) is 0 Å². The summed E-state index contributed by atoms with van der Waals surface area (Å²) in [6, 6.07) is 0. The lowest BCUT2D eigenvalue weighted by molar-refractivity contribution is 0.328. The summed E-state index contributed by atoms with van der Waals surface area (Å²) in [6.45, 7) is 0.720. The van der Waals surface area contributed by atoms with E-state index in [4.69, 9.17) is 5.73 Å². The molecule has 1 aliphatic rings. The molecule has 1 saturated carbocycles. The van der Waals surface area contributed by atoms with E-state index in [2.05, 4.69) is 0 Å². The number of rotatable bonds is 2. The molecule has 0 aromatic heterocycles. The summed E-state index contributed by atoms with van der Waals surface area (Å²) in [5.74, 6) is 0.588. The van der Waals surface area contributed by atoms with E-state index < -0.39 is 6.17 Å². The van der Waals surface area contributed by atoms with Crippen molar-refractivity contribution in [2.75, 3.05) is 6.54 Å². The molecule has 0 aromatic rings. The highest BCUT2D eigenvalue weighted by atomic mass is 19.1. The van der Waals surface area contributed by atoms with Crippen LogP contribution in [0.15, 0.2) is 0 Å². The van der Waals surface area contributed by atoms with Crippen molar-refractivity contribution >= 4 is 0 Å². The molecule has 1 nitrogen and oxygen atoms in total. The Morgan fingerprint density at radius 2 is 2.22 bits per heavy atom. The first-order valence-electron chi connectivity index (χ1n) is 3.67. The molecular weight excluding hydrogens is 117 g/mol. The zero-order valence-corrected chi connectivity index (χ0v) is 5.65. The first-order valence-corrected chi connectivity index (χ1v) is 3.67. The maximum Gasteiger partial charge on any atom is 0.100 e. The Bertz CT molecular complexity index is 83.0. The molecular formula is C7H14FN. The molecule has 0 aromatic carbocycles. The number of halogens is 1. The fourth-order valence-electron chi connectivity index (χ4n) is 1.51. The van der Waals surface area contributed by atoms with Crippen LogP contribution in [0.25, 0.3) is 0 Å². The summed E-state index contributed by atoms with van der Waals surface area (Å²) in [7, 11) is 0. The predicted octanol–water partition coefficient (Wildman–Crippen LogP) is 1.47. The Balaban J connectivity index is 2.14. The van der Waals surface area contributed by atoms with E-state index in [9.17, 15) is 4.39 Å². The van der Waals surface area contributed by atoms with E-state index in [1.165, 1.54) is 0 Å². The summed E-state index contributed by atoms with van der Waals surface area (Å²) in [5.41, 5.74) is 5.33. The van der Waals surface area contributed by atoms with Gasteiger partial charge in [0, 0.05) is 0 Å². The van der Waals surface area contributed by atoms with Gasteiger partial charge in [0.15, 0.2) is 0 Å². The van der Waals surface area contributed by atoms with Crippen molar-refractivity contribution < 1.29 is 4.39 Å². The number of nitrogens with two attached hydrogens (primary N) is 1. The van der Waals surface area contributed by atoms with Gasteiger partial charge >= 0.3 is 0 Å². The Hall–Kier alpha value is -0.110. The van der Waals surface area contributed by atoms with Gasteiger partial charge in [-0.05, 0) is 38.1 Å². The zero-order valence-electron chi connectivity index (χ0n) is 5.65. The molecule has 0 aliphatic heterocycles. The van der Waals surface area contributed by atoms with Crippen LogP contribution in [-0.4, -0.2) is 12.7 Å². The van der Waals surface area contributed by atoms with Crippen LogP contribution in [-0.2, 0) is 0 Å². The van der Waals surface area contributed by atoms with Gasteiger partial charge in [-0.1, -0.05) is 0 Å². The summed E-state index contributed by atoms with van der Waals surface area (Å²) in [6.07, 6.45) is 3.07. The van der Waals surface area contributed by atoms with Crippen LogP contribution >= 0.6 is 0 Å². The van der Waals surface area contributed by atoms with Gasteiger partial charge in [-0.15, -0.1) is 0 Å². The minimum Gasteiger partial charge on any atom is -0.330 e. The second-order valence-electron chi connectivity index (χ2n) is 2.85. The largest absolute Gasteiger partial charge is 0.330 e. The van der Waals surface area contributed by atoms with Crippen LogP contribution in [0.1, 0.15) is 25.7 Å². The summed E-state index contributed by atoms with van der Waals surface area (Å²) in [5, 5.41) is 0. The molecule has 0 saturated heterocycles. The van der Waals surface area contributed by atoms with Crippen molar-refractivity contribution in [2.24, 2.45) is 11.7 Å². The quantitative estimate of drug-likeness (QED) is 0.603. The van der Waals surface area contributed by atoms with Crippen LogP contribution in [0.3, 0.4) is 0 Å². The minimum absolute atomic E-state index is 0.526. The van der Waals surface area contributed by atoms with E-state index in [1.807, 2.05) is 0 Å². The van der Waals surface area contributed by atoms with Gasteiger partial charge < -0.3 is 5.73 Å². The maximum absolute atomic E-state index is 12.5. The molecule has 0 bridgehead atoms. The second kappa shape index (κ2) is 3.16. The molecule has 0 radical (unpaired) electrons. The molecule has 1 fully saturated rings. The van der Waals surface area contributed by atoms with Gasteiger partial charge in [-0.25, -0.2) is 4.39 Å². The average molecular weight is 131 g/mol. The molecule has 2 heteroatoms. The standard InChI is InChI=1S/C7H14FN/c8-7-2-1-6(5-7)3-4-9/h6-7H,1-5,9H2/t6-,7-/m0/s1. The average Bonchev–Trinajstić information content (AvgIpc) is 2.17. The molecule has 54 valence electrons. The van der Waals surface area contributed by atoms with Crippen LogP contribution in [0, 0.1) is 5.92 Å². The highest BCUT2D eigenvalue weighted by molar-refractivity contribution is 4.74. The third kappa shape index (κ3) is 1.94. The summed E-state index contributed by atoms with van der Waals surface area (Å²) in [4.78, 5) is 0. The van der Waals surface area contributed by atoms with E-state index in [0.717, 1.165) is 32.2 Å². The van der Waals surface area contributed by atoms with Crippen molar-refractivity contribution in [1.82, 2.24) is 0 Å². The topological polar surface area (TPSA) is 26.0 Å². The van der Waals surface area contributed by atoms with E-state index in [0.29, 0.717) is 5.92 Å². The number of hydrogen-bond acceptors (Lipinski definition) is 1. The predicted molar refractivity (Wildman–Crippen MR) is 35.9 cm³/mol. The molecule has 0 heterocycles. The van der Waals surface area contributed by atoms with Gasteiger partial charge in [0.1, 0.15) is 6.17 Å². The van der Waals surface area contributed by atoms with Crippen LogP contribution in [0.5, 0.6) is 0 Å². The number of alkyl halides is 1. The molecule has 1 aliphatic carbocycles. The SMILES string of the molecule is NCC[C@@H]1CC[C@H](F)C1. The smallest absolute Gasteiger partial charge is 0.100 e. The fourth-order valence-corrected chi connectivity index (χ4v) is 1.51. The molecule has 0 amide bonds. The highest BCUT2D eigenvalue weighted by Crippen LogP contribution is 2.29. The number of hydrogen-bond donors (Lipinski definition) is 1. The molecule has 1 rings (SSSR count). The van der Waals surface area contributed by atoms with Crippen LogP contribution < -0.4 is 5.73 Å². The zero-order chi connectivity index (χ0) is 6.69. The lowest BCUT2D eigenvalue weighted by Crippen LogP contribution is -2.05. The highest BCUT2D eigenvalue weighted by Gasteiger charge is 2.22. The van der Waals surface area contributed by atoms with Crippen molar-refractivity contribution in [3.05, 3.63) is 0 Å². The monoisotopic (exact) mass is 131 g/mol. The van der Waals surface area contributed by atoms with Gasteiger partial charge in [0.25, 0.3) is 0 Å². The fraction of sp³-hybridized carbons (Fsp3) is 1.00. The third-order valence-electron chi connectivity index (χ3n) is 2.05. The Morgan fingerprint density at radius 1 is 1.44 bits per heavy atom. The molecule has 0 unspecified atom stereocenters. The van der Waals surface area contributed by atoms with Crippen molar-refractivity contribution in [1.29, 1.82) is 0 Å². The van der Waals surface area contributed by atoms with Crippen molar-refractivity contribution in [2.45, 2.75) is 31.9 Å².